The van der Waals surface area contributed by atoms with Gasteiger partial charge in [0.1, 0.15) is 17.1 Å². The SMILES string of the molecule is COc1ccc(C(OCC2(CO)CC3(CN(C(=O)CCCCCN)C3)C2)(c2ccccc2)c2ccc(OC)cc2)cc1. The second kappa shape index (κ2) is 12.9. The van der Waals surface area contributed by atoms with Crippen molar-refractivity contribution in [1.29, 1.82) is 0 Å². The lowest BCUT2D eigenvalue weighted by Gasteiger charge is -2.64. The van der Waals surface area contributed by atoms with Crippen LogP contribution >= 0.6 is 0 Å². The van der Waals surface area contributed by atoms with E-state index in [-0.39, 0.29) is 23.3 Å². The minimum Gasteiger partial charge on any atom is -0.497 e. The summed E-state index contributed by atoms with van der Waals surface area (Å²) in [5.41, 5.74) is 7.31. The van der Waals surface area contributed by atoms with Crippen LogP contribution in [-0.2, 0) is 15.1 Å². The molecule has 0 bridgehead atoms. The summed E-state index contributed by atoms with van der Waals surface area (Å²) >= 11 is 0. The maximum absolute atomic E-state index is 12.7. The van der Waals surface area contributed by atoms with Crippen LogP contribution in [0, 0.1) is 10.8 Å². The van der Waals surface area contributed by atoms with Gasteiger partial charge < -0.3 is 30.0 Å². The first-order valence-corrected chi connectivity index (χ1v) is 15.0. The van der Waals surface area contributed by atoms with E-state index in [9.17, 15) is 9.90 Å². The van der Waals surface area contributed by atoms with Gasteiger partial charge in [-0.2, -0.15) is 0 Å². The Balaban J connectivity index is 1.38. The Bertz CT molecular complexity index is 1250. The smallest absolute Gasteiger partial charge is 0.222 e. The molecule has 3 N–H and O–H groups in total. The molecule has 2 fully saturated rings. The molecule has 1 saturated carbocycles. The minimum absolute atomic E-state index is 0.0396. The summed E-state index contributed by atoms with van der Waals surface area (Å²) < 4.78 is 18.0. The van der Waals surface area contributed by atoms with E-state index in [1.54, 1.807) is 14.2 Å². The first kappa shape index (κ1) is 30.1. The molecule has 1 spiro atoms. The molecule has 3 aromatic rings. The Hall–Kier alpha value is -3.39. The number of aliphatic hydroxyl groups is 1. The lowest BCUT2D eigenvalue weighted by molar-refractivity contribution is -0.198. The standard InChI is InChI=1S/C35H44N2O5/c1-40-30-16-12-28(13-17-30)35(27-9-5-3-6-10-27,29-14-18-31(41-2)19-15-29)42-26-34(25-38)21-33(22-34)23-37(24-33)32(39)11-7-4-8-20-36/h3,5-6,9-10,12-19,38H,4,7-8,11,20-26,36H2,1-2H3. The van der Waals surface area contributed by atoms with Crippen molar-refractivity contribution in [3.8, 4) is 11.5 Å². The molecule has 1 amide bonds. The van der Waals surface area contributed by atoms with E-state index >= 15 is 0 Å². The molecule has 7 nitrogen and oxygen atoms in total. The van der Waals surface area contributed by atoms with Gasteiger partial charge in [-0.25, -0.2) is 0 Å². The van der Waals surface area contributed by atoms with Crippen molar-refractivity contribution in [2.24, 2.45) is 16.6 Å². The number of hydrogen-bond donors (Lipinski definition) is 2. The zero-order valence-electron chi connectivity index (χ0n) is 24.9. The molecular formula is C35H44N2O5. The van der Waals surface area contributed by atoms with Gasteiger partial charge in [0, 0.05) is 30.3 Å². The quantitative estimate of drug-likeness (QED) is 0.205. The van der Waals surface area contributed by atoms with Gasteiger partial charge in [-0.15, -0.1) is 0 Å². The second-order valence-electron chi connectivity index (χ2n) is 12.2. The largest absolute Gasteiger partial charge is 0.497 e. The number of aliphatic hydroxyl groups excluding tert-OH is 1. The average molecular weight is 573 g/mol. The van der Waals surface area contributed by atoms with E-state index in [4.69, 9.17) is 19.9 Å². The summed E-state index contributed by atoms with van der Waals surface area (Å²) in [6.07, 6.45) is 5.12. The lowest BCUT2D eigenvalue weighted by atomic mass is 9.50. The Labute approximate surface area is 249 Å². The van der Waals surface area contributed by atoms with Crippen molar-refractivity contribution in [3.63, 3.8) is 0 Å². The number of rotatable bonds is 14. The molecule has 1 aliphatic carbocycles. The fourth-order valence-corrected chi connectivity index (χ4v) is 7.05. The topological polar surface area (TPSA) is 94.2 Å². The number of ether oxygens (including phenoxy) is 3. The predicted molar refractivity (Wildman–Crippen MR) is 164 cm³/mol. The molecule has 3 aromatic carbocycles. The van der Waals surface area contributed by atoms with Crippen LogP contribution in [0.4, 0.5) is 0 Å². The number of nitrogens with zero attached hydrogens (tertiary/aromatic N) is 1. The summed E-state index contributed by atoms with van der Waals surface area (Å²) in [4.78, 5) is 14.6. The number of unbranched alkanes of at least 4 members (excludes halogenated alkanes) is 2. The van der Waals surface area contributed by atoms with Gasteiger partial charge in [-0.1, -0.05) is 61.0 Å². The van der Waals surface area contributed by atoms with Gasteiger partial charge >= 0.3 is 0 Å². The van der Waals surface area contributed by atoms with Crippen LogP contribution in [0.25, 0.3) is 0 Å². The van der Waals surface area contributed by atoms with Gasteiger partial charge in [0.15, 0.2) is 0 Å². The molecular weight excluding hydrogens is 528 g/mol. The van der Waals surface area contributed by atoms with Crippen molar-refractivity contribution in [2.75, 3.05) is 47.1 Å². The van der Waals surface area contributed by atoms with E-state index in [1.807, 2.05) is 71.6 Å². The van der Waals surface area contributed by atoms with Crippen molar-refractivity contribution in [1.82, 2.24) is 4.90 Å². The third kappa shape index (κ3) is 5.91. The van der Waals surface area contributed by atoms with Crippen LogP contribution in [0.3, 0.4) is 0 Å². The number of methoxy groups -OCH3 is 2. The summed E-state index contributed by atoms with van der Waals surface area (Å²) in [5, 5.41) is 10.7. The van der Waals surface area contributed by atoms with E-state index in [2.05, 4.69) is 12.1 Å². The van der Waals surface area contributed by atoms with Gasteiger partial charge in [-0.05, 0) is 73.2 Å². The highest BCUT2D eigenvalue weighted by Crippen LogP contribution is 2.60. The number of likely N-dealkylation sites (tertiary alicyclic amines) is 1. The molecule has 0 unspecified atom stereocenters. The van der Waals surface area contributed by atoms with Crippen LogP contribution in [0.5, 0.6) is 11.5 Å². The molecule has 224 valence electrons. The number of hydrogen-bond acceptors (Lipinski definition) is 6. The molecule has 5 rings (SSSR count). The normalized spacial score (nSPS) is 16.9. The van der Waals surface area contributed by atoms with Gasteiger partial charge in [0.05, 0.1) is 27.4 Å². The predicted octanol–water partition coefficient (Wildman–Crippen LogP) is 5.13. The number of carbonyl (C=O) groups excluding carboxylic acids is 1. The summed E-state index contributed by atoms with van der Waals surface area (Å²) in [7, 11) is 3.32. The zero-order chi connectivity index (χ0) is 29.6. The number of carbonyl (C=O) groups is 1. The molecule has 7 heteroatoms. The third-order valence-electron chi connectivity index (χ3n) is 9.10. The van der Waals surface area contributed by atoms with E-state index < -0.39 is 5.60 Å². The summed E-state index contributed by atoms with van der Waals surface area (Å²) in [5.74, 6) is 1.77. The van der Waals surface area contributed by atoms with Crippen molar-refractivity contribution in [3.05, 3.63) is 95.6 Å². The first-order valence-electron chi connectivity index (χ1n) is 15.0. The molecule has 0 aromatic heterocycles. The third-order valence-corrected chi connectivity index (χ3v) is 9.10. The van der Waals surface area contributed by atoms with Crippen molar-refractivity contribution < 1.29 is 24.1 Å². The lowest BCUT2D eigenvalue weighted by Crippen LogP contribution is -2.68. The Morgan fingerprint density at radius 2 is 1.38 bits per heavy atom. The Morgan fingerprint density at radius 3 is 1.88 bits per heavy atom. The van der Waals surface area contributed by atoms with Crippen LogP contribution in [0.15, 0.2) is 78.9 Å². The summed E-state index contributed by atoms with van der Waals surface area (Å²) in [6, 6.07) is 26.2. The molecule has 2 aliphatic rings. The van der Waals surface area contributed by atoms with Crippen LogP contribution < -0.4 is 15.2 Å². The molecule has 0 radical (unpaired) electrons. The van der Waals surface area contributed by atoms with Crippen LogP contribution in [0.1, 0.15) is 55.2 Å². The van der Waals surface area contributed by atoms with E-state index in [0.29, 0.717) is 19.6 Å². The highest BCUT2D eigenvalue weighted by molar-refractivity contribution is 5.77. The van der Waals surface area contributed by atoms with Crippen LogP contribution in [-0.4, -0.2) is 63.0 Å². The average Bonchev–Trinajstić information content (AvgIpc) is 3.00. The van der Waals surface area contributed by atoms with Gasteiger partial charge in [0.2, 0.25) is 5.91 Å². The van der Waals surface area contributed by atoms with Crippen molar-refractivity contribution in [2.45, 2.75) is 44.1 Å². The van der Waals surface area contributed by atoms with Gasteiger partial charge in [0.25, 0.3) is 0 Å². The zero-order valence-corrected chi connectivity index (χ0v) is 24.9. The number of nitrogens with two attached hydrogens (primary N) is 1. The Kier molecular flexibility index (Phi) is 9.21. The highest BCUT2D eigenvalue weighted by atomic mass is 16.5. The maximum Gasteiger partial charge on any atom is 0.222 e. The fourth-order valence-electron chi connectivity index (χ4n) is 7.05. The molecule has 0 atom stereocenters. The maximum atomic E-state index is 12.7. The van der Waals surface area contributed by atoms with E-state index in [0.717, 1.165) is 73.4 Å². The van der Waals surface area contributed by atoms with Gasteiger partial charge in [-0.3, -0.25) is 4.79 Å². The number of amides is 1. The second-order valence-corrected chi connectivity index (χ2v) is 12.2. The molecule has 1 aliphatic heterocycles. The van der Waals surface area contributed by atoms with E-state index in [1.165, 1.54) is 0 Å². The molecule has 1 saturated heterocycles. The first-order chi connectivity index (χ1) is 20.4. The molecule has 1 heterocycles. The van der Waals surface area contributed by atoms with Crippen molar-refractivity contribution >= 4 is 5.91 Å². The Morgan fingerprint density at radius 1 is 0.833 bits per heavy atom. The minimum atomic E-state index is -0.921. The summed E-state index contributed by atoms with van der Waals surface area (Å²) in [6.45, 7) is 2.63. The van der Waals surface area contributed by atoms with Crippen LogP contribution in [0.2, 0.25) is 0 Å². The highest BCUT2D eigenvalue weighted by Gasteiger charge is 2.61. The monoisotopic (exact) mass is 572 g/mol. The number of benzene rings is 3. The fraction of sp³-hybridized carbons (Fsp3) is 0.457. The molecule has 42 heavy (non-hydrogen) atoms.